The minimum atomic E-state index is -0.172. The van der Waals surface area contributed by atoms with Crippen LogP contribution in [0.2, 0.25) is 0 Å². The molecule has 4 atom stereocenters. The van der Waals surface area contributed by atoms with E-state index in [2.05, 4.69) is 34.3 Å². The van der Waals surface area contributed by atoms with Gasteiger partial charge in [0.05, 0.1) is 0 Å². The highest BCUT2D eigenvalue weighted by Gasteiger charge is 2.49. The van der Waals surface area contributed by atoms with Crippen molar-refractivity contribution >= 4 is 5.97 Å². The zero-order valence-corrected chi connectivity index (χ0v) is 16.2. The maximum absolute atomic E-state index is 11.5. The summed E-state index contributed by atoms with van der Waals surface area (Å²) in [4.78, 5) is 11.5. The molecule has 2 fully saturated rings. The molecule has 0 saturated heterocycles. The maximum Gasteiger partial charge on any atom is 0.303 e. The van der Waals surface area contributed by atoms with Gasteiger partial charge in [0.2, 0.25) is 0 Å². The first-order valence-electron chi connectivity index (χ1n) is 9.70. The summed E-state index contributed by atoms with van der Waals surface area (Å²) in [6, 6.07) is 0. The Morgan fingerprint density at radius 2 is 1.88 bits per heavy atom. The Morgan fingerprint density at radius 1 is 1.17 bits per heavy atom. The lowest BCUT2D eigenvalue weighted by molar-refractivity contribution is -0.147. The molecule has 0 N–H and O–H groups in total. The Kier molecular flexibility index (Phi) is 4.47. The van der Waals surface area contributed by atoms with Gasteiger partial charge in [-0.3, -0.25) is 4.79 Å². The number of hydrogen-bond donors (Lipinski definition) is 0. The summed E-state index contributed by atoms with van der Waals surface area (Å²) < 4.78 is 5.59. The van der Waals surface area contributed by atoms with E-state index in [1.54, 1.807) is 11.1 Å². The van der Waals surface area contributed by atoms with Crippen molar-refractivity contribution in [3.63, 3.8) is 0 Å². The molecule has 0 aliphatic heterocycles. The van der Waals surface area contributed by atoms with Crippen LogP contribution in [0.1, 0.15) is 79.6 Å². The first-order chi connectivity index (χ1) is 11.1. The molecule has 0 aromatic rings. The quantitative estimate of drug-likeness (QED) is 0.447. The lowest BCUT2D eigenvalue weighted by atomic mass is 9.52. The monoisotopic (exact) mass is 330 g/mol. The van der Waals surface area contributed by atoms with E-state index in [9.17, 15) is 4.79 Å². The van der Waals surface area contributed by atoms with E-state index < -0.39 is 0 Å². The number of esters is 1. The van der Waals surface area contributed by atoms with Gasteiger partial charge < -0.3 is 4.74 Å². The van der Waals surface area contributed by atoms with Crippen LogP contribution < -0.4 is 0 Å². The Bertz CT molecular complexity index is 583. The van der Waals surface area contributed by atoms with E-state index in [-0.39, 0.29) is 12.1 Å². The smallest absolute Gasteiger partial charge is 0.303 e. The van der Waals surface area contributed by atoms with Crippen LogP contribution in [-0.2, 0) is 9.53 Å². The van der Waals surface area contributed by atoms with Gasteiger partial charge in [0.25, 0.3) is 0 Å². The molecule has 0 radical (unpaired) electrons. The first kappa shape index (κ1) is 17.8. The van der Waals surface area contributed by atoms with E-state index >= 15 is 0 Å². The number of fused-ring (bicyclic) bond motifs is 3. The van der Waals surface area contributed by atoms with Crippen molar-refractivity contribution in [2.75, 3.05) is 0 Å². The van der Waals surface area contributed by atoms with Gasteiger partial charge in [0.15, 0.2) is 0 Å². The fraction of sp³-hybridized carbons (Fsp3) is 0.773. The van der Waals surface area contributed by atoms with Crippen molar-refractivity contribution in [1.82, 2.24) is 0 Å². The van der Waals surface area contributed by atoms with Gasteiger partial charge in [0.1, 0.15) is 6.10 Å². The molecule has 3 aliphatic carbocycles. The van der Waals surface area contributed by atoms with Crippen LogP contribution >= 0.6 is 0 Å². The van der Waals surface area contributed by atoms with E-state index in [1.807, 2.05) is 0 Å². The van der Waals surface area contributed by atoms with Gasteiger partial charge in [0, 0.05) is 6.92 Å². The van der Waals surface area contributed by atoms with Gasteiger partial charge in [-0.15, -0.1) is 0 Å². The minimum absolute atomic E-state index is 0.0662. The molecule has 0 spiro atoms. The number of allylic oxidation sites excluding steroid dienone is 2. The number of hydrogen-bond acceptors (Lipinski definition) is 2. The lowest BCUT2D eigenvalue weighted by Crippen LogP contribution is -2.45. The second kappa shape index (κ2) is 6.04. The van der Waals surface area contributed by atoms with Crippen LogP contribution in [0.3, 0.4) is 0 Å². The highest BCUT2D eigenvalue weighted by atomic mass is 16.5. The number of carbonyl (C=O) groups is 1. The van der Waals surface area contributed by atoms with Crippen LogP contribution in [0.15, 0.2) is 23.3 Å². The van der Waals surface area contributed by atoms with Crippen molar-refractivity contribution < 1.29 is 9.53 Å². The van der Waals surface area contributed by atoms with Crippen LogP contribution in [0.5, 0.6) is 0 Å². The van der Waals surface area contributed by atoms with Gasteiger partial charge in [-0.25, -0.2) is 0 Å². The normalized spacial score (nSPS) is 38.9. The Labute approximate surface area is 147 Å². The topological polar surface area (TPSA) is 26.3 Å². The van der Waals surface area contributed by atoms with Crippen LogP contribution in [-0.4, -0.2) is 12.1 Å². The summed E-state index contributed by atoms with van der Waals surface area (Å²) in [7, 11) is 0. The molecule has 134 valence electrons. The van der Waals surface area contributed by atoms with Gasteiger partial charge in [-0.2, -0.15) is 0 Å². The molecule has 0 aromatic heterocycles. The Balaban J connectivity index is 1.92. The van der Waals surface area contributed by atoms with E-state index in [0.717, 1.165) is 12.8 Å². The van der Waals surface area contributed by atoms with Crippen molar-refractivity contribution in [2.24, 2.45) is 22.7 Å². The standard InChI is InChI=1S/C22H34O2/c1-14-7-8-17-13-19-15(2)20(24-16(3)23)10-12-22(19,6)11-9-18(14)21(17,4)5/h17,19-20H,2,7-13H2,1,3-6H3/t17-,19+,20?,22+/m0/s1. The van der Waals surface area contributed by atoms with Gasteiger partial charge >= 0.3 is 5.97 Å². The fourth-order valence-electron chi connectivity index (χ4n) is 5.90. The largest absolute Gasteiger partial charge is 0.458 e. The van der Waals surface area contributed by atoms with Crippen molar-refractivity contribution in [2.45, 2.75) is 85.7 Å². The third-order valence-corrected chi connectivity index (χ3v) is 7.64. The Morgan fingerprint density at radius 3 is 2.54 bits per heavy atom. The van der Waals surface area contributed by atoms with E-state index in [4.69, 9.17) is 4.74 Å². The molecule has 0 amide bonds. The van der Waals surface area contributed by atoms with Crippen molar-refractivity contribution in [3.8, 4) is 0 Å². The zero-order chi connectivity index (χ0) is 17.7. The van der Waals surface area contributed by atoms with Crippen molar-refractivity contribution in [1.29, 1.82) is 0 Å². The summed E-state index contributed by atoms with van der Waals surface area (Å²) in [6.45, 7) is 15.7. The number of ether oxygens (including phenoxy) is 1. The second-order valence-corrected chi connectivity index (χ2v) is 9.37. The maximum atomic E-state index is 11.5. The average molecular weight is 331 g/mol. The van der Waals surface area contributed by atoms with Crippen LogP contribution in [0.4, 0.5) is 0 Å². The van der Waals surface area contributed by atoms with Gasteiger partial charge in [-0.1, -0.05) is 38.5 Å². The van der Waals surface area contributed by atoms with Crippen LogP contribution in [0, 0.1) is 22.7 Å². The molecule has 2 bridgehead atoms. The highest BCUT2D eigenvalue weighted by molar-refractivity contribution is 5.66. The second-order valence-electron chi connectivity index (χ2n) is 9.37. The average Bonchev–Trinajstić information content (AvgIpc) is 2.47. The SMILES string of the molecule is C=C1C(OC(C)=O)CC[C@@]2(C)CCC3=C(C)CC[C@@H](C[C@H]12)C3(C)C. The molecule has 3 rings (SSSR count). The summed E-state index contributed by atoms with van der Waals surface area (Å²) >= 11 is 0. The summed E-state index contributed by atoms with van der Waals surface area (Å²) in [5, 5.41) is 0. The molecule has 2 saturated carbocycles. The highest BCUT2D eigenvalue weighted by Crippen LogP contribution is 2.58. The molecular weight excluding hydrogens is 296 g/mol. The predicted octanol–water partition coefficient (Wildman–Crippen LogP) is 5.83. The number of carbonyl (C=O) groups excluding carboxylic acids is 1. The number of rotatable bonds is 1. The van der Waals surface area contributed by atoms with E-state index in [0.29, 0.717) is 22.7 Å². The first-order valence-corrected chi connectivity index (χ1v) is 9.70. The van der Waals surface area contributed by atoms with Gasteiger partial charge in [-0.05, 0) is 80.1 Å². The molecule has 2 nitrogen and oxygen atoms in total. The van der Waals surface area contributed by atoms with Crippen LogP contribution in [0.25, 0.3) is 0 Å². The molecular formula is C22H34O2. The fourth-order valence-corrected chi connectivity index (χ4v) is 5.90. The predicted molar refractivity (Wildman–Crippen MR) is 98.6 cm³/mol. The molecule has 3 aliphatic rings. The van der Waals surface area contributed by atoms with E-state index in [1.165, 1.54) is 44.6 Å². The molecule has 2 heteroatoms. The third kappa shape index (κ3) is 2.86. The molecule has 1 unspecified atom stereocenters. The summed E-state index contributed by atoms with van der Waals surface area (Å²) in [6.07, 6.45) is 8.25. The summed E-state index contributed by atoms with van der Waals surface area (Å²) in [5.41, 5.74) is 5.17. The summed E-state index contributed by atoms with van der Waals surface area (Å²) in [5.74, 6) is 1.03. The third-order valence-electron chi connectivity index (χ3n) is 7.64. The Hall–Kier alpha value is -1.05. The minimum Gasteiger partial charge on any atom is -0.458 e. The molecule has 0 aromatic carbocycles. The molecule has 0 heterocycles. The lowest BCUT2D eigenvalue weighted by Gasteiger charge is -2.53. The molecule has 24 heavy (non-hydrogen) atoms. The van der Waals surface area contributed by atoms with Crippen molar-refractivity contribution in [3.05, 3.63) is 23.3 Å². The zero-order valence-electron chi connectivity index (χ0n) is 16.2.